The molecular formula is C15H15Cl2NOS. The van der Waals surface area contributed by atoms with Crippen LogP contribution in [-0.2, 0) is 23.1 Å². The second-order valence-electron chi connectivity index (χ2n) is 4.48. The van der Waals surface area contributed by atoms with Crippen molar-refractivity contribution in [3.8, 4) is 0 Å². The van der Waals surface area contributed by atoms with Crippen molar-refractivity contribution in [2.24, 2.45) is 0 Å². The van der Waals surface area contributed by atoms with Gasteiger partial charge in [-0.2, -0.15) is 0 Å². The first-order chi connectivity index (χ1) is 9.56. The number of benzene rings is 2. The molecule has 0 heterocycles. The highest BCUT2D eigenvalue weighted by Gasteiger charge is 2.05. The predicted octanol–water partition coefficient (Wildman–Crippen LogP) is 4.48. The van der Waals surface area contributed by atoms with Gasteiger partial charge in [0.25, 0.3) is 0 Å². The average molecular weight is 328 g/mol. The first-order valence-corrected chi connectivity index (χ1v) is 8.60. The van der Waals surface area contributed by atoms with Crippen LogP contribution in [0.2, 0.25) is 10.0 Å². The zero-order chi connectivity index (χ0) is 14.5. The third-order valence-corrected chi connectivity index (χ3v) is 4.27. The highest BCUT2D eigenvalue weighted by molar-refractivity contribution is 7.83. The summed E-state index contributed by atoms with van der Waals surface area (Å²) in [4.78, 5) is 0. The quantitative estimate of drug-likeness (QED) is 0.876. The van der Waals surface area contributed by atoms with Crippen LogP contribution in [0.5, 0.6) is 0 Å². The second kappa shape index (κ2) is 7.11. The van der Waals surface area contributed by atoms with Gasteiger partial charge >= 0.3 is 0 Å². The lowest BCUT2D eigenvalue weighted by atomic mass is 10.2. The van der Waals surface area contributed by atoms with Crippen LogP contribution in [0.25, 0.3) is 0 Å². The van der Waals surface area contributed by atoms with Gasteiger partial charge < -0.3 is 5.32 Å². The molecule has 0 saturated carbocycles. The van der Waals surface area contributed by atoms with Gasteiger partial charge in [-0.1, -0.05) is 47.5 Å². The Morgan fingerprint density at radius 2 is 1.85 bits per heavy atom. The van der Waals surface area contributed by atoms with Crippen molar-refractivity contribution >= 4 is 39.7 Å². The van der Waals surface area contributed by atoms with Crippen LogP contribution in [0, 0.1) is 0 Å². The van der Waals surface area contributed by atoms with Gasteiger partial charge in [0.2, 0.25) is 0 Å². The molecule has 2 rings (SSSR count). The van der Waals surface area contributed by atoms with E-state index < -0.39 is 10.8 Å². The second-order valence-corrected chi connectivity index (χ2v) is 6.73. The van der Waals surface area contributed by atoms with E-state index in [-0.39, 0.29) is 0 Å². The van der Waals surface area contributed by atoms with E-state index in [0.717, 1.165) is 21.8 Å². The van der Waals surface area contributed by atoms with Crippen molar-refractivity contribution in [1.29, 1.82) is 0 Å². The average Bonchev–Trinajstić information content (AvgIpc) is 2.40. The maximum absolute atomic E-state index is 11.3. The van der Waals surface area contributed by atoms with E-state index in [9.17, 15) is 4.21 Å². The molecule has 0 aromatic heterocycles. The maximum atomic E-state index is 11.3. The molecule has 2 aromatic rings. The number of rotatable bonds is 5. The molecule has 0 aliphatic heterocycles. The van der Waals surface area contributed by atoms with E-state index in [2.05, 4.69) is 5.32 Å². The summed E-state index contributed by atoms with van der Waals surface area (Å²) >= 11 is 12.3. The van der Waals surface area contributed by atoms with Crippen molar-refractivity contribution in [3.63, 3.8) is 0 Å². The Bertz CT molecular complexity index is 631. The van der Waals surface area contributed by atoms with E-state index >= 15 is 0 Å². The normalized spacial score (nSPS) is 12.2. The molecule has 0 amide bonds. The molecule has 1 N–H and O–H groups in total. The lowest BCUT2D eigenvalue weighted by molar-refractivity contribution is 0.686. The Hall–Kier alpha value is -1.03. The summed E-state index contributed by atoms with van der Waals surface area (Å²) in [6.07, 6.45) is 1.69. The fourth-order valence-electron chi connectivity index (χ4n) is 1.86. The lowest BCUT2D eigenvalue weighted by Crippen LogP contribution is -2.02. The molecule has 106 valence electrons. The maximum Gasteiger partial charge on any atom is 0.0637 e. The monoisotopic (exact) mass is 327 g/mol. The molecular weight excluding hydrogens is 313 g/mol. The van der Waals surface area contributed by atoms with Crippen LogP contribution in [-0.4, -0.2) is 10.5 Å². The predicted molar refractivity (Wildman–Crippen MR) is 88.0 cm³/mol. The van der Waals surface area contributed by atoms with E-state index in [1.54, 1.807) is 6.26 Å². The van der Waals surface area contributed by atoms with Crippen molar-refractivity contribution in [3.05, 3.63) is 63.6 Å². The van der Waals surface area contributed by atoms with Crippen LogP contribution in [0.1, 0.15) is 11.1 Å². The smallest absolute Gasteiger partial charge is 0.0637 e. The van der Waals surface area contributed by atoms with Gasteiger partial charge in [0.1, 0.15) is 0 Å². The fourth-order valence-corrected chi connectivity index (χ4v) is 2.90. The molecule has 0 aliphatic rings. The SMILES string of the molecule is CS(=O)Cc1ccc(Cl)c(NCc2ccccc2Cl)c1. The molecule has 0 aliphatic carbocycles. The minimum absolute atomic E-state index is 0.526. The van der Waals surface area contributed by atoms with Crippen molar-refractivity contribution in [2.45, 2.75) is 12.3 Å². The molecule has 0 radical (unpaired) electrons. The van der Waals surface area contributed by atoms with Gasteiger partial charge in [0, 0.05) is 34.4 Å². The Morgan fingerprint density at radius 1 is 1.10 bits per heavy atom. The van der Waals surface area contributed by atoms with Crippen molar-refractivity contribution < 1.29 is 4.21 Å². The van der Waals surface area contributed by atoms with Gasteiger partial charge in [-0.25, -0.2) is 0 Å². The highest BCUT2D eigenvalue weighted by Crippen LogP contribution is 2.25. The molecule has 0 saturated heterocycles. The summed E-state index contributed by atoms with van der Waals surface area (Å²) in [5, 5.41) is 4.63. The van der Waals surface area contributed by atoms with Crippen LogP contribution in [0.15, 0.2) is 42.5 Å². The van der Waals surface area contributed by atoms with Crippen molar-refractivity contribution in [2.75, 3.05) is 11.6 Å². The van der Waals surface area contributed by atoms with Gasteiger partial charge in [-0.15, -0.1) is 0 Å². The summed E-state index contributed by atoms with van der Waals surface area (Å²) in [6.45, 7) is 0.595. The highest BCUT2D eigenvalue weighted by atomic mass is 35.5. The minimum atomic E-state index is -0.867. The van der Waals surface area contributed by atoms with E-state index in [0.29, 0.717) is 17.3 Å². The number of halogens is 2. The summed E-state index contributed by atoms with van der Waals surface area (Å²) in [6, 6.07) is 13.3. The third kappa shape index (κ3) is 4.23. The van der Waals surface area contributed by atoms with Gasteiger partial charge in [0.05, 0.1) is 10.7 Å². The van der Waals surface area contributed by atoms with E-state index in [1.165, 1.54) is 0 Å². The van der Waals surface area contributed by atoms with Crippen LogP contribution in [0.4, 0.5) is 5.69 Å². The first kappa shape index (κ1) is 15.4. The number of anilines is 1. The summed E-state index contributed by atoms with van der Waals surface area (Å²) in [5.41, 5.74) is 2.83. The molecule has 2 nitrogen and oxygen atoms in total. The van der Waals surface area contributed by atoms with Gasteiger partial charge in [-0.3, -0.25) is 4.21 Å². The number of hydrogen-bond acceptors (Lipinski definition) is 2. The van der Waals surface area contributed by atoms with Gasteiger partial charge in [-0.05, 0) is 29.3 Å². The van der Waals surface area contributed by atoms with Crippen LogP contribution < -0.4 is 5.32 Å². The fraction of sp³-hybridized carbons (Fsp3) is 0.200. The largest absolute Gasteiger partial charge is 0.380 e. The minimum Gasteiger partial charge on any atom is -0.380 e. The molecule has 0 fully saturated rings. The van der Waals surface area contributed by atoms with Crippen molar-refractivity contribution in [1.82, 2.24) is 0 Å². The van der Waals surface area contributed by atoms with Crippen LogP contribution >= 0.6 is 23.2 Å². The summed E-state index contributed by atoms with van der Waals surface area (Å²) in [5.74, 6) is 0.526. The Labute approximate surface area is 131 Å². The molecule has 1 atom stereocenters. The van der Waals surface area contributed by atoms with Gasteiger partial charge in [0.15, 0.2) is 0 Å². The molecule has 5 heteroatoms. The van der Waals surface area contributed by atoms with E-state index in [1.807, 2.05) is 42.5 Å². The zero-order valence-electron chi connectivity index (χ0n) is 11.0. The topological polar surface area (TPSA) is 29.1 Å². The Kier molecular flexibility index (Phi) is 5.46. The zero-order valence-corrected chi connectivity index (χ0v) is 13.4. The molecule has 0 bridgehead atoms. The molecule has 2 aromatic carbocycles. The Balaban J connectivity index is 2.12. The first-order valence-electron chi connectivity index (χ1n) is 6.12. The standard InChI is InChI=1S/C15H15Cl2NOS/c1-20(19)10-11-6-7-14(17)15(8-11)18-9-12-4-2-3-5-13(12)16/h2-8,18H,9-10H2,1H3. The Morgan fingerprint density at radius 3 is 2.55 bits per heavy atom. The third-order valence-electron chi connectivity index (χ3n) is 2.83. The molecule has 20 heavy (non-hydrogen) atoms. The number of hydrogen-bond donors (Lipinski definition) is 1. The summed E-state index contributed by atoms with van der Waals surface area (Å²) in [7, 11) is -0.867. The summed E-state index contributed by atoms with van der Waals surface area (Å²) < 4.78 is 11.3. The molecule has 0 spiro atoms. The lowest BCUT2D eigenvalue weighted by Gasteiger charge is -2.11. The van der Waals surface area contributed by atoms with E-state index in [4.69, 9.17) is 23.2 Å². The number of nitrogens with one attached hydrogen (secondary N) is 1. The van der Waals surface area contributed by atoms with Crippen LogP contribution in [0.3, 0.4) is 0 Å². The molecule has 1 unspecified atom stereocenters.